The molecule has 1 fully saturated rings. The van der Waals surface area contributed by atoms with Crippen molar-refractivity contribution in [2.45, 2.75) is 39.0 Å². The monoisotopic (exact) mass is 408 g/mol. The van der Waals surface area contributed by atoms with Crippen LogP contribution in [0.25, 0.3) is 0 Å². The zero-order valence-electron chi connectivity index (χ0n) is 17.4. The van der Waals surface area contributed by atoms with Gasteiger partial charge in [0.05, 0.1) is 13.2 Å². The van der Waals surface area contributed by atoms with Crippen LogP contribution in [-0.4, -0.2) is 43.0 Å². The predicted octanol–water partition coefficient (Wildman–Crippen LogP) is 3.96. The molecule has 30 heavy (non-hydrogen) atoms. The van der Waals surface area contributed by atoms with Crippen LogP contribution >= 0.6 is 0 Å². The van der Waals surface area contributed by atoms with E-state index in [9.17, 15) is 9.59 Å². The summed E-state index contributed by atoms with van der Waals surface area (Å²) < 4.78 is 11.4. The van der Waals surface area contributed by atoms with E-state index in [0.717, 1.165) is 55.0 Å². The fraction of sp³-hybridized carbons (Fsp3) is 0.417. The molecule has 2 aromatic carbocycles. The number of nitrogens with one attached hydrogen (secondary N) is 1. The van der Waals surface area contributed by atoms with Gasteiger partial charge in [-0.05, 0) is 61.6 Å². The van der Waals surface area contributed by atoms with Crippen molar-refractivity contribution in [1.82, 2.24) is 4.90 Å². The molecule has 1 saturated heterocycles. The minimum absolute atomic E-state index is 0.0493. The Bertz CT molecular complexity index is 935. The second kappa shape index (κ2) is 9.20. The lowest BCUT2D eigenvalue weighted by molar-refractivity contribution is -0.116. The van der Waals surface area contributed by atoms with Gasteiger partial charge < -0.3 is 19.7 Å². The van der Waals surface area contributed by atoms with Crippen molar-refractivity contribution in [3.63, 3.8) is 0 Å². The Morgan fingerprint density at radius 3 is 2.57 bits per heavy atom. The van der Waals surface area contributed by atoms with Gasteiger partial charge in [0.15, 0.2) is 11.5 Å². The van der Waals surface area contributed by atoms with Gasteiger partial charge in [0.1, 0.15) is 0 Å². The summed E-state index contributed by atoms with van der Waals surface area (Å²) in [6, 6.07) is 11.3. The van der Waals surface area contributed by atoms with Crippen molar-refractivity contribution in [3.05, 3.63) is 53.1 Å². The van der Waals surface area contributed by atoms with Crippen LogP contribution in [0.5, 0.6) is 11.5 Å². The number of rotatable bonds is 5. The van der Waals surface area contributed by atoms with E-state index in [4.69, 9.17) is 9.47 Å². The highest BCUT2D eigenvalue weighted by Gasteiger charge is 2.22. The van der Waals surface area contributed by atoms with Gasteiger partial charge in [0.2, 0.25) is 5.91 Å². The summed E-state index contributed by atoms with van der Waals surface area (Å²) in [5.41, 5.74) is 3.21. The van der Waals surface area contributed by atoms with Gasteiger partial charge in [-0.25, -0.2) is 0 Å². The third kappa shape index (κ3) is 4.58. The molecule has 0 saturated carbocycles. The molecule has 6 heteroatoms. The van der Waals surface area contributed by atoms with Gasteiger partial charge >= 0.3 is 0 Å². The smallest absolute Gasteiger partial charge is 0.254 e. The summed E-state index contributed by atoms with van der Waals surface area (Å²) in [5.74, 6) is 1.48. The molecule has 2 aliphatic rings. The molecule has 2 heterocycles. The molecule has 0 radical (unpaired) electrons. The number of carbonyl (C=O) groups excluding carboxylic acids is 2. The molecule has 2 amide bonds. The summed E-state index contributed by atoms with van der Waals surface area (Å²) in [7, 11) is 0. The third-order valence-electron chi connectivity index (χ3n) is 5.68. The van der Waals surface area contributed by atoms with E-state index in [0.29, 0.717) is 37.3 Å². The SMILES string of the molecule is Cc1c(NC(=O)CCc2ccc3c(c2)OCCCO3)cccc1C(=O)N1CCCC1. The molecule has 0 aliphatic carbocycles. The van der Waals surface area contributed by atoms with Gasteiger partial charge in [-0.3, -0.25) is 9.59 Å². The van der Waals surface area contributed by atoms with Gasteiger partial charge in [0.25, 0.3) is 5.91 Å². The Kier molecular flexibility index (Phi) is 6.21. The van der Waals surface area contributed by atoms with E-state index in [1.807, 2.05) is 48.2 Å². The van der Waals surface area contributed by atoms with Gasteiger partial charge in [-0.15, -0.1) is 0 Å². The number of hydrogen-bond acceptors (Lipinski definition) is 4. The maximum absolute atomic E-state index is 12.7. The second-order valence-electron chi connectivity index (χ2n) is 7.86. The second-order valence-corrected chi connectivity index (χ2v) is 7.86. The van der Waals surface area contributed by atoms with Crippen molar-refractivity contribution in [1.29, 1.82) is 0 Å². The van der Waals surface area contributed by atoms with Crippen molar-refractivity contribution >= 4 is 17.5 Å². The van der Waals surface area contributed by atoms with Crippen LogP contribution < -0.4 is 14.8 Å². The number of anilines is 1. The first kappa shape index (κ1) is 20.3. The molecule has 2 aromatic rings. The summed E-state index contributed by atoms with van der Waals surface area (Å²) in [6.45, 7) is 4.81. The van der Waals surface area contributed by atoms with E-state index < -0.39 is 0 Å². The first-order valence-electron chi connectivity index (χ1n) is 10.7. The van der Waals surface area contributed by atoms with Crippen molar-refractivity contribution in [3.8, 4) is 11.5 Å². The number of likely N-dealkylation sites (tertiary alicyclic amines) is 1. The Morgan fingerprint density at radius 2 is 1.77 bits per heavy atom. The van der Waals surface area contributed by atoms with E-state index in [1.165, 1.54) is 0 Å². The summed E-state index contributed by atoms with van der Waals surface area (Å²) in [5, 5.41) is 2.97. The van der Waals surface area contributed by atoms with E-state index in [1.54, 1.807) is 0 Å². The van der Waals surface area contributed by atoms with Crippen molar-refractivity contribution < 1.29 is 19.1 Å². The number of fused-ring (bicyclic) bond motifs is 1. The molecular formula is C24H28N2O4. The largest absolute Gasteiger partial charge is 0.490 e. The Hall–Kier alpha value is -3.02. The molecule has 158 valence electrons. The van der Waals surface area contributed by atoms with E-state index in [-0.39, 0.29) is 11.8 Å². The molecule has 1 N–H and O–H groups in total. The van der Waals surface area contributed by atoms with Crippen LogP contribution in [0, 0.1) is 6.92 Å². The average molecular weight is 408 g/mol. The van der Waals surface area contributed by atoms with E-state index >= 15 is 0 Å². The maximum Gasteiger partial charge on any atom is 0.254 e. The molecule has 0 unspecified atom stereocenters. The van der Waals surface area contributed by atoms with Crippen LogP contribution in [-0.2, 0) is 11.2 Å². The Labute approximate surface area is 177 Å². The van der Waals surface area contributed by atoms with Crippen molar-refractivity contribution in [2.75, 3.05) is 31.6 Å². The quantitative estimate of drug-likeness (QED) is 0.813. The molecule has 2 aliphatic heterocycles. The molecule has 0 atom stereocenters. The molecule has 0 spiro atoms. The predicted molar refractivity (Wildman–Crippen MR) is 115 cm³/mol. The Morgan fingerprint density at radius 1 is 1.00 bits per heavy atom. The molecule has 6 nitrogen and oxygen atoms in total. The summed E-state index contributed by atoms with van der Waals surface area (Å²) in [4.78, 5) is 27.2. The maximum atomic E-state index is 12.7. The van der Waals surface area contributed by atoms with Crippen LogP contribution in [0.3, 0.4) is 0 Å². The highest BCUT2D eigenvalue weighted by molar-refractivity contribution is 5.99. The lowest BCUT2D eigenvalue weighted by Gasteiger charge is -2.18. The standard InChI is InChI=1S/C24H28N2O4/c1-17-19(24(28)26-12-2-3-13-26)6-4-7-20(17)25-23(27)11-9-18-8-10-21-22(16-18)30-15-5-14-29-21/h4,6-8,10,16H,2-3,5,9,11-15H2,1H3,(H,25,27). The van der Waals surface area contributed by atoms with Gasteiger partial charge in [-0.1, -0.05) is 12.1 Å². The van der Waals surface area contributed by atoms with Crippen LogP contribution in [0.2, 0.25) is 0 Å². The first-order valence-corrected chi connectivity index (χ1v) is 10.7. The number of aryl methyl sites for hydroxylation is 1. The molecule has 0 bridgehead atoms. The van der Waals surface area contributed by atoms with Gasteiger partial charge in [-0.2, -0.15) is 0 Å². The minimum Gasteiger partial charge on any atom is -0.490 e. The lowest BCUT2D eigenvalue weighted by atomic mass is 10.0. The lowest BCUT2D eigenvalue weighted by Crippen LogP contribution is -2.28. The number of carbonyl (C=O) groups is 2. The van der Waals surface area contributed by atoms with Crippen LogP contribution in [0.1, 0.15) is 47.2 Å². The molecule has 0 aromatic heterocycles. The highest BCUT2D eigenvalue weighted by Crippen LogP contribution is 2.31. The first-order chi connectivity index (χ1) is 14.6. The normalized spacial score (nSPS) is 15.6. The summed E-state index contributed by atoms with van der Waals surface area (Å²) in [6.07, 6.45) is 3.94. The number of amides is 2. The average Bonchev–Trinajstić information content (AvgIpc) is 3.19. The minimum atomic E-state index is -0.0732. The van der Waals surface area contributed by atoms with Crippen LogP contribution in [0.4, 0.5) is 5.69 Å². The van der Waals surface area contributed by atoms with Crippen molar-refractivity contribution in [2.24, 2.45) is 0 Å². The number of benzene rings is 2. The summed E-state index contributed by atoms with van der Waals surface area (Å²) >= 11 is 0. The topological polar surface area (TPSA) is 67.9 Å². The third-order valence-corrected chi connectivity index (χ3v) is 5.68. The molecule has 4 rings (SSSR count). The Balaban J connectivity index is 1.38. The zero-order valence-corrected chi connectivity index (χ0v) is 17.4. The number of nitrogens with zero attached hydrogens (tertiary/aromatic N) is 1. The van der Waals surface area contributed by atoms with E-state index in [2.05, 4.69) is 5.32 Å². The zero-order chi connectivity index (χ0) is 20.9. The highest BCUT2D eigenvalue weighted by atomic mass is 16.5. The fourth-order valence-corrected chi connectivity index (χ4v) is 3.93. The molecular weight excluding hydrogens is 380 g/mol. The van der Waals surface area contributed by atoms with Crippen LogP contribution in [0.15, 0.2) is 36.4 Å². The fourth-order valence-electron chi connectivity index (χ4n) is 3.93. The van der Waals surface area contributed by atoms with Gasteiger partial charge in [0, 0.05) is 37.2 Å². The number of ether oxygens (including phenoxy) is 2. The number of hydrogen-bond donors (Lipinski definition) is 1.